The molecule has 0 aliphatic carbocycles. The van der Waals surface area contributed by atoms with Crippen molar-refractivity contribution in [2.45, 2.75) is 45.6 Å². The number of hydrogen-bond donors (Lipinski definition) is 0. The van der Waals surface area contributed by atoms with Gasteiger partial charge in [-0.15, -0.1) is 0 Å². The van der Waals surface area contributed by atoms with Crippen molar-refractivity contribution in [3.63, 3.8) is 0 Å². The molecule has 0 fully saturated rings. The molecule has 0 rings (SSSR count). The molecule has 1 nitrogen and oxygen atoms in total. The molecule has 0 bridgehead atoms. The van der Waals surface area contributed by atoms with E-state index in [1.54, 1.807) is 0 Å². The molecular weight excluding hydrogens is 134 g/mol. The molecule has 0 saturated heterocycles. The molecule has 0 saturated carbocycles. The fourth-order valence-electron chi connectivity index (χ4n) is 1.08. The van der Waals surface area contributed by atoms with E-state index in [0.29, 0.717) is 0 Å². The highest BCUT2D eigenvalue weighted by atomic mass is 15.3. The predicted molar refractivity (Wildman–Crippen MR) is 51.6 cm³/mol. The maximum atomic E-state index is 2.34. The molecule has 0 amide bonds. The van der Waals surface area contributed by atoms with Crippen LogP contribution in [0.1, 0.15) is 39.5 Å². The van der Waals surface area contributed by atoms with Crippen LogP contribution in [0.2, 0.25) is 0 Å². The van der Waals surface area contributed by atoms with Crippen LogP contribution in [0.3, 0.4) is 0 Å². The van der Waals surface area contributed by atoms with Gasteiger partial charge in [-0.3, -0.25) is 0 Å². The summed E-state index contributed by atoms with van der Waals surface area (Å²) in [6, 6.07) is 0.807. The summed E-state index contributed by atoms with van der Waals surface area (Å²) in [5.74, 6) is 0. The Morgan fingerprint density at radius 2 is 1.64 bits per heavy atom. The number of unbranched alkanes of at least 4 members (excludes halogenated alkanes) is 2. The lowest BCUT2D eigenvalue weighted by molar-refractivity contribution is -0.894. The average molecular weight is 158 g/mol. The Hall–Kier alpha value is -0.0400. The second-order valence-electron chi connectivity index (χ2n) is 4.46. The molecule has 68 valence electrons. The molecule has 0 aromatic rings. The zero-order valence-corrected chi connectivity index (χ0v) is 8.85. The van der Waals surface area contributed by atoms with Crippen LogP contribution in [0.4, 0.5) is 0 Å². The Morgan fingerprint density at radius 3 is 2.00 bits per heavy atom. The van der Waals surface area contributed by atoms with Gasteiger partial charge in [0.05, 0.1) is 27.2 Å². The van der Waals surface area contributed by atoms with E-state index in [9.17, 15) is 0 Å². The van der Waals surface area contributed by atoms with Gasteiger partial charge in [0.2, 0.25) is 0 Å². The molecule has 1 unspecified atom stereocenters. The number of rotatable bonds is 5. The molecule has 0 N–H and O–H groups in total. The van der Waals surface area contributed by atoms with Crippen molar-refractivity contribution in [2.24, 2.45) is 0 Å². The molecule has 11 heavy (non-hydrogen) atoms. The molecule has 0 radical (unpaired) electrons. The van der Waals surface area contributed by atoms with Gasteiger partial charge in [-0.2, -0.15) is 0 Å². The van der Waals surface area contributed by atoms with Gasteiger partial charge < -0.3 is 4.48 Å². The van der Waals surface area contributed by atoms with Crippen molar-refractivity contribution in [1.29, 1.82) is 0 Å². The lowest BCUT2D eigenvalue weighted by atomic mass is 10.1. The topological polar surface area (TPSA) is 0 Å². The summed E-state index contributed by atoms with van der Waals surface area (Å²) < 4.78 is 1.10. The Kier molecular flexibility index (Phi) is 4.74. The third-order valence-corrected chi connectivity index (χ3v) is 2.55. The van der Waals surface area contributed by atoms with Crippen molar-refractivity contribution >= 4 is 0 Å². The van der Waals surface area contributed by atoms with E-state index in [1.165, 1.54) is 25.7 Å². The maximum Gasteiger partial charge on any atom is 0.0855 e. The van der Waals surface area contributed by atoms with Gasteiger partial charge in [-0.25, -0.2) is 0 Å². The van der Waals surface area contributed by atoms with E-state index in [-0.39, 0.29) is 0 Å². The highest BCUT2D eigenvalue weighted by Gasteiger charge is 2.16. The Labute approximate surface area is 72.0 Å². The minimum atomic E-state index is 0.807. The number of hydrogen-bond acceptors (Lipinski definition) is 0. The fourth-order valence-corrected chi connectivity index (χ4v) is 1.08. The van der Waals surface area contributed by atoms with Crippen molar-refractivity contribution in [2.75, 3.05) is 21.1 Å². The van der Waals surface area contributed by atoms with Gasteiger partial charge in [0.1, 0.15) is 0 Å². The quantitative estimate of drug-likeness (QED) is 0.426. The van der Waals surface area contributed by atoms with Crippen LogP contribution in [0.25, 0.3) is 0 Å². The lowest BCUT2D eigenvalue weighted by Crippen LogP contribution is -2.43. The lowest BCUT2D eigenvalue weighted by Gasteiger charge is -2.31. The Balaban J connectivity index is 3.44. The van der Waals surface area contributed by atoms with Gasteiger partial charge in [-0.05, 0) is 19.8 Å². The van der Waals surface area contributed by atoms with E-state index < -0.39 is 0 Å². The summed E-state index contributed by atoms with van der Waals surface area (Å²) in [4.78, 5) is 0. The van der Waals surface area contributed by atoms with E-state index in [0.717, 1.165) is 10.5 Å². The summed E-state index contributed by atoms with van der Waals surface area (Å²) >= 11 is 0. The first-order valence-corrected chi connectivity index (χ1v) is 4.79. The summed E-state index contributed by atoms with van der Waals surface area (Å²) in [6.07, 6.45) is 5.50. The predicted octanol–water partition coefficient (Wildman–Crippen LogP) is 2.66. The van der Waals surface area contributed by atoms with Crippen LogP contribution >= 0.6 is 0 Å². The largest absolute Gasteiger partial charge is 0.329 e. The third-order valence-electron chi connectivity index (χ3n) is 2.55. The Bertz CT molecular complexity index is 91.5. The summed E-state index contributed by atoms with van der Waals surface area (Å²) in [5, 5.41) is 0. The first-order valence-electron chi connectivity index (χ1n) is 4.79. The first kappa shape index (κ1) is 11.0. The van der Waals surface area contributed by atoms with Gasteiger partial charge in [-0.1, -0.05) is 19.8 Å². The summed E-state index contributed by atoms with van der Waals surface area (Å²) in [6.45, 7) is 4.60. The highest BCUT2D eigenvalue weighted by molar-refractivity contribution is 4.49. The molecule has 0 aliphatic heterocycles. The zero-order chi connectivity index (χ0) is 8.91. The maximum absolute atomic E-state index is 2.34. The Morgan fingerprint density at radius 1 is 1.09 bits per heavy atom. The fraction of sp³-hybridized carbons (Fsp3) is 1.00. The van der Waals surface area contributed by atoms with E-state index in [1.807, 2.05) is 0 Å². The van der Waals surface area contributed by atoms with Gasteiger partial charge in [0.15, 0.2) is 0 Å². The third kappa shape index (κ3) is 5.25. The average Bonchev–Trinajstić information content (AvgIpc) is 1.86. The van der Waals surface area contributed by atoms with Crippen molar-refractivity contribution in [3.8, 4) is 0 Å². The number of quaternary nitrogens is 1. The molecule has 1 atom stereocenters. The smallest absolute Gasteiger partial charge is 0.0855 e. The van der Waals surface area contributed by atoms with E-state index in [2.05, 4.69) is 35.0 Å². The molecule has 0 aromatic carbocycles. The highest BCUT2D eigenvalue weighted by Crippen LogP contribution is 2.11. The van der Waals surface area contributed by atoms with Crippen molar-refractivity contribution in [1.82, 2.24) is 0 Å². The van der Waals surface area contributed by atoms with Crippen LogP contribution in [0.15, 0.2) is 0 Å². The van der Waals surface area contributed by atoms with Gasteiger partial charge in [0.25, 0.3) is 0 Å². The second-order valence-corrected chi connectivity index (χ2v) is 4.46. The molecule has 0 aromatic heterocycles. The van der Waals surface area contributed by atoms with Crippen LogP contribution in [0.5, 0.6) is 0 Å². The van der Waals surface area contributed by atoms with Crippen LogP contribution in [-0.2, 0) is 0 Å². The molecule has 0 aliphatic rings. The minimum Gasteiger partial charge on any atom is -0.329 e. The monoisotopic (exact) mass is 158 g/mol. The molecule has 0 spiro atoms. The SMILES string of the molecule is CCCCCC(C)[N+](C)(C)C. The molecule has 1 heteroatoms. The van der Waals surface area contributed by atoms with E-state index in [4.69, 9.17) is 0 Å². The standard InChI is InChI=1S/C10H24N/c1-6-7-8-9-10(2)11(3,4)5/h10H,6-9H2,1-5H3/q+1. The van der Waals surface area contributed by atoms with Gasteiger partial charge >= 0.3 is 0 Å². The second kappa shape index (κ2) is 4.76. The van der Waals surface area contributed by atoms with E-state index >= 15 is 0 Å². The van der Waals surface area contributed by atoms with Crippen LogP contribution in [0, 0.1) is 0 Å². The van der Waals surface area contributed by atoms with Crippen molar-refractivity contribution in [3.05, 3.63) is 0 Å². The normalized spacial score (nSPS) is 15.0. The summed E-state index contributed by atoms with van der Waals surface area (Å²) in [5.41, 5.74) is 0. The van der Waals surface area contributed by atoms with Crippen molar-refractivity contribution < 1.29 is 4.48 Å². The minimum absolute atomic E-state index is 0.807. The molecular formula is C10H24N+. The van der Waals surface area contributed by atoms with Gasteiger partial charge in [0, 0.05) is 0 Å². The van der Waals surface area contributed by atoms with Crippen LogP contribution in [-0.4, -0.2) is 31.7 Å². The van der Waals surface area contributed by atoms with Crippen LogP contribution < -0.4 is 0 Å². The number of nitrogens with zero attached hydrogens (tertiary/aromatic N) is 1. The first-order chi connectivity index (χ1) is 4.98. The summed E-state index contributed by atoms with van der Waals surface area (Å²) in [7, 11) is 6.82. The zero-order valence-electron chi connectivity index (χ0n) is 8.85. The molecule has 0 heterocycles.